The van der Waals surface area contributed by atoms with Gasteiger partial charge in [0.05, 0.1) is 6.54 Å². The zero-order valence-electron chi connectivity index (χ0n) is 9.60. The van der Waals surface area contributed by atoms with Crippen LogP contribution in [0.4, 0.5) is 0 Å². The molecule has 1 aromatic carbocycles. The third-order valence-corrected chi connectivity index (χ3v) is 2.76. The Bertz CT molecular complexity index is 457. The summed E-state index contributed by atoms with van der Waals surface area (Å²) in [6.45, 7) is 4.58. The molecular weight excluding hydrogens is 198 g/mol. The van der Waals surface area contributed by atoms with Crippen molar-refractivity contribution in [2.45, 2.75) is 20.4 Å². The van der Waals surface area contributed by atoms with E-state index in [0.29, 0.717) is 6.54 Å². The van der Waals surface area contributed by atoms with Gasteiger partial charge in [0, 0.05) is 11.8 Å². The van der Waals surface area contributed by atoms with Crippen LogP contribution in [-0.4, -0.2) is 10.8 Å². The van der Waals surface area contributed by atoms with E-state index < -0.39 is 0 Å². The van der Waals surface area contributed by atoms with E-state index in [2.05, 4.69) is 0 Å². The molecule has 2 heteroatoms. The number of hydrogen-bond donors (Lipinski definition) is 0. The van der Waals surface area contributed by atoms with Gasteiger partial charge in [0.25, 0.3) is 5.91 Å². The van der Waals surface area contributed by atoms with Gasteiger partial charge in [0.15, 0.2) is 0 Å². The third kappa shape index (κ3) is 1.91. The van der Waals surface area contributed by atoms with Gasteiger partial charge >= 0.3 is 0 Å². The number of carbonyl (C=O) groups is 1. The SMILES string of the molecule is CC=C1C(C)=CC(=O)N1Cc1ccccc1. The van der Waals surface area contributed by atoms with Crippen LogP contribution in [-0.2, 0) is 11.3 Å². The summed E-state index contributed by atoms with van der Waals surface area (Å²) >= 11 is 0. The first-order valence-corrected chi connectivity index (χ1v) is 5.43. The number of rotatable bonds is 2. The average Bonchev–Trinajstić information content (AvgIpc) is 2.55. The smallest absolute Gasteiger partial charge is 0.251 e. The number of nitrogens with zero attached hydrogens (tertiary/aromatic N) is 1. The summed E-state index contributed by atoms with van der Waals surface area (Å²) in [5.41, 5.74) is 3.22. The van der Waals surface area contributed by atoms with Gasteiger partial charge in [-0.15, -0.1) is 0 Å². The maximum atomic E-state index is 11.8. The molecule has 1 aromatic rings. The minimum atomic E-state index is 0.0782. The molecule has 1 amide bonds. The van der Waals surface area contributed by atoms with Crippen molar-refractivity contribution in [1.82, 2.24) is 4.90 Å². The quantitative estimate of drug-likeness (QED) is 0.739. The molecule has 0 aromatic heterocycles. The van der Waals surface area contributed by atoms with E-state index in [0.717, 1.165) is 16.8 Å². The Hall–Kier alpha value is -1.83. The summed E-state index contributed by atoms with van der Waals surface area (Å²) in [6.07, 6.45) is 3.68. The molecule has 0 fully saturated rings. The highest BCUT2D eigenvalue weighted by atomic mass is 16.2. The molecule has 1 aliphatic rings. The Morgan fingerprint density at radius 3 is 2.56 bits per heavy atom. The molecule has 0 radical (unpaired) electrons. The summed E-state index contributed by atoms with van der Waals surface area (Å²) in [5.74, 6) is 0.0782. The van der Waals surface area contributed by atoms with Crippen molar-refractivity contribution in [1.29, 1.82) is 0 Å². The molecular formula is C14H15NO. The first kappa shape index (κ1) is 10.7. The Morgan fingerprint density at radius 2 is 1.94 bits per heavy atom. The lowest BCUT2D eigenvalue weighted by atomic mass is 10.2. The van der Waals surface area contributed by atoms with Crippen LogP contribution in [0.25, 0.3) is 0 Å². The van der Waals surface area contributed by atoms with Crippen LogP contribution < -0.4 is 0 Å². The summed E-state index contributed by atoms with van der Waals surface area (Å²) in [5, 5.41) is 0. The minimum absolute atomic E-state index is 0.0782. The van der Waals surface area contributed by atoms with Crippen LogP contribution in [0.15, 0.2) is 53.8 Å². The van der Waals surface area contributed by atoms with E-state index in [1.165, 1.54) is 0 Å². The molecule has 1 aliphatic heterocycles. The maximum Gasteiger partial charge on any atom is 0.251 e. The first-order valence-electron chi connectivity index (χ1n) is 5.43. The van der Waals surface area contributed by atoms with Gasteiger partial charge in [-0.2, -0.15) is 0 Å². The summed E-state index contributed by atoms with van der Waals surface area (Å²) in [4.78, 5) is 13.6. The fourth-order valence-corrected chi connectivity index (χ4v) is 1.98. The van der Waals surface area contributed by atoms with Crippen molar-refractivity contribution in [2.24, 2.45) is 0 Å². The van der Waals surface area contributed by atoms with E-state index in [4.69, 9.17) is 0 Å². The van der Waals surface area contributed by atoms with Gasteiger partial charge in [-0.05, 0) is 25.0 Å². The largest absolute Gasteiger partial charge is 0.305 e. The van der Waals surface area contributed by atoms with Crippen LogP contribution in [0.5, 0.6) is 0 Å². The highest BCUT2D eigenvalue weighted by Crippen LogP contribution is 2.24. The molecule has 0 bridgehead atoms. The third-order valence-electron chi connectivity index (χ3n) is 2.76. The molecule has 0 saturated heterocycles. The van der Waals surface area contributed by atoms with E-state index in [1.54, 1.807) is 6.08 Å². The Balaban J connectivity index is 2.21. The van der Waals surface area contributed by atoms with Crippen LogP contribution in [0.3, 0.4) is 0 Å². The van der Waals surface area contributed by atoms with E-state index in [1.807, 2.05) is 55.2 Å². The van der Waals surface area contributed by atoms with Gasteiger partial charge in [-0.1, -0.05) is 36.4 Å². The van der Waals surface area contributed by atoms with E-state index in [9.17, 15) is 4.79 Å². The average molecular weight is 213 g/mol. The van der Waals surface area contributed by atoms with Crippen molar-refractivity contribution in [3.63, 3.8) is 0 Å². The van der Waals surface area contributed by atoms with Gasteiger partial charge < -0.3 is 4.90 Å². The Morgan fingerprint density at radius 1 is 1.25 bits per heavy atom. The van der Waals surface area contributed by atoms with E-state index in [-0.39, 0.29) is 5.91 Å². The van der Waals surface area contributed by atoms with Crippen molar-refractivity contribution < 1.29 is 4.79 Å². The van der Waals surface area contributed by atoms with Gasteiger partial charge in [0.1, 0.15) is 0 Å². The zero-order chi connectivity index (χ0) is 11.5. The second-order valence-corrected chi connectivity index (χ2v) is 3.91. The lowest BCUT2D eigenvalue weighted by molar-refractivity contribution is -0.123. The molecule has 0 atom stereocenters. The monoisotopic (exact) mass is 213 g/mol. The second-order valence-electron chi connectivity index (χ2n) is 3.91. The van der Waals surface area contributed by atoms with E-state index >= 15 is 0 Å². The summed E-state index contributed by atoms with van der Waals surface area (Å²) in [6, 6.07) is 10.0. The minimum Gasteiger partial charge on any atom is -0.305 e. The second kappa shape index (κ2) is 4.35. The van der Waals surface area contributed by atoms with Crippen molar-refractivity contribution >= 4 is 5.91 Å². The standard InChI is InChI=1S/C14H15NO/c1-3-13-11(2)9-14(16)15(13)10-12-7-5-4-6-8-12/h3-9H,10H2,1-2H3. The number of benzene rings is 1. The van der Waals surface area contributed by atoms with Crippen LogP contribution in [0, 0.1) is 0 Å². The first-order chi connectivity index (χ1) is 7.72. The molecule has 0 spiro atoms. The number of allylic oxidation sites excluding steroid dienone is 2. The molecule has 16 heavy (non-hydrogen) atoms. The molecule has 2 nitrogen and oxygen atoms in total. The van der Waals surface area contributed by atoms with Gasteiger partial charge in [-0.3, -0.25) is 4.79 Å². The zero-order valence-corrected chi connectivity index (χ0v) is 9.60. The summed E-state index contributed by atoms with van der Waals surface area (Å²) < 4.78 is 0. The molecule has 0 aliphatic carbocycles. The molecule has 1 heterocycles. The van der Waals surface area contributed by atoms with Crippen molar-refractivity contribution in [3.8, 4) is 0 Å². The predicted molar refractivity (Wildman–Crippen MR) is 64.5 cm³/mol. The normalized spacial score (nSPS) is 18.1. The molecule has 0 N–H and O–H groups in total. The molecule has 2 rings (SSSR count). The van der Waals surface area contributed by atoms with Crippen LogP contribution >= 0.6 is 0 Å². The number of carbonyl (C=O) groups excluding carboxylic acids is 1. The van der Waals surface area contributed by atoms with Crippen molar-refractivity contribution in [2.75, 3.05) is 0 Å². The van der Waals surface area contributed by atoms with Crippen molar-refractivity contribution in [3.05, 3.63) is 59.3 Å². The van der Waals surface area contributed by atoms with Crippen LogP contribution in [0.2, 0.25) is 0 Å². The molecule has 0 saturated carbocycles. The lowest BCUT2D eigenvalue weighted by Crippen LogP contribution is -2.23. The fourth-order valence-electron chi connectivity index (χ4n) is 1.98. The van der Waals surface area contributed by atoms with Crippen LogP contribution in [0.1, 0.15) is 19.4 Å². The number of hydrogen-bond acceptors (Lipinski definition) is 1. The Labute approximate surface area is 95.9 Å². The fraction of sp³-hybridized carbons (Fsp3) is 0.214. The highest BCUT2D eigenvalue weighted by Gasteiger charge is 2.23. The Kier molecular flexibility index (Phi) is 2.91. The molecule has 0 unspecified atom stereocenters. The topological polar surface area (TPSA) is 20.3 Å². The predicted octanol–water partition coefficient (Wildman–Crippen LogP) is 2.88. The highest BCUT2D eigenvalue weighted by molar-refractivity contribution is 5.94. The molecule has 82 valence electrons. The number of amides is 1. The van der Waals surface area contributed by atoms with Gasteiger partial charge in [-0.25, -0.2) is 0 Å². The lowest BCUT2D eigenvalue weighted by Gasteiger charge is -2.19. The van der Waals surface area contributed by atoms with Gasteiger partial charge in [0.2, 0.25) is 0 Å². The maximum absolute atomic E-state index is 11.8. The summed E-state index contributed by atoms with van der Waals surface area (Å²) in [7, 11) is 0.